The van der Waals surface area contributed by atoms with Gasteiger partial charge >= 0.3 is 6.03 Å². The summed E-state index contributed by atoms with van der Waals surface area (Å²) in [5, 5.41) is 8.60. The maximum atomic E-state index is 12.5. The van der Waals surface area contributed by atoms with E-state index in [1.807, 2.05) is 48.7 Å². The number of hydrogen-bond acceptors (Lipinski definition) is 4. The summed E-state index contributed by atoms with van der Waals surface area (Å²) in [4.78, 5) is 26.4. The molecule has 0 spiro atoms. The van der Waals surface area contributed by atoms with Gasteiger partial charge in [-0.25, -0.2) is 4.79 Å². The summed E-state index contributed by atoms with van der Waals surface area (Å²) < 4.78 is 5.40. The predicted molar refractivity (Wildman–Crippen MR) is 104 cm³/mol. The molecule has 0 radical (unpaired) electrons. The van der Waals surface area contributed by atoms with Gasteiger partial charge in [-0.1, -0.05) is 0 Å². The highest BCUT2D eigenvalue weighted by Crippen LogP contribution is 2.22. The summed E-state index contributed by atoms with van der Waals surface area (Å²) in [6.45, 7) is 3.71. The van der Waals surface area contributed by atoms with Crippen LogP contribution in [0.15, 0.2) is 41.8 Å². The molecule has 138 valence electrons. The van der Waals surface area contributed by atoms with E-state index >= 15 is 0 Å². The van der Waals surface area contributed by atoms with Gasteiger partial charge in [0.15, 0.2) is 0 Å². The van der Waals surface area contributed by atoms with Crippen LogP contribution < -0.4 is 15.4 Å². The number of urea groups is 1. The highest BCUT2D eigenvalue weighted by molar-refractivity contribution is 7.14. The number of ether oxygens (including phenoxy) is 1. The minimum Gasteiger partial charge on any atom is -0.494 e. The Bertz CT molecular complexity index is 723. The number of carbonyl (C=O) groups is 2. The van der Waals surface area contributed by atoms with Gasteiger partial charge in [0.1, 0.15) is 5.75 Å². The normalized spacial score (nSPS) is 14.7. The summed E-state index contributed by atoms with van der Waals surface area (Å²) in [7, 11) is 0. The van der Waals surface area contributed by atoms with Gasteiger partial charge < -0.3 is 15.0 Å². The van der Waals surface area contributed by atoms with Crippen LogP contribution in [0.3, 0.4) is 0 Å². The number of benzene rings is 1. The monoisotopic (exact) mass is 373 g/mol. The van der Waals surface area contributed by atoms with Crippen LogP contribution in [-0.4, -0.2) is 36.5 Å². The number of hydrogen-bond donors (Lipinski definition) is 2. The largest absolute Gasteiger partial charge is 0.494 e. The first-order valence-electron chi connectivity index (χ1n) is 8.79. The second-order valence-electron chi connectivity index (χ2n) is 6.12. The van der Waals surface area contributed by atoms with Crippen LogP contribution in [-0.2, 0) is 4.79 Å². The number of nitrogens with one attached hydrogen (secondary N) is 2. The van der Waals surface area contributed by atoms with E-state index in [0.717, 1.165) is 16.4 Å². The minimum atomic E-state index is -0.0992. The third-order valence-electron chi connectivity index (χ3n) is 4.34. The lowest BCUT2D eigenvalue weighted by Gasteiger charge is -2.31. The summed E-state index contributed by atoms with van der Waals surface area (Å²) in [5.74, 6) is 0.718. The van der Waals surface area contributed by atoms with Crippen molar-refractivity contribution in [1.29, 1.82) is 0 Å². The molecule has 7 heteroatoms. The number of piperidine rings is 1. The van der Waals surface area contributed by atoms with Crippen LogP contribution >= 0.6 is 11.3 Å². The fourth-order valence-electron chi connectivity index (χ4n) is 2.92. The molecule has 0 bridgehead atoms. The highest BCUT2D eigenvalue weighted by Gasteiger charge is 2.27. The van der Waals surface area contributed by atoms with Crippen molar-refractivity contribution in [2.24, 2.45) is 5.92 Å². The zero-order chi connectivity index (χ0) is 18.4. The van der Waals surface area contributed by atoms with Crippen molar-refractivity contribution in [2.45, 2.75) is 19.8 Å². The van der Waals surface area contributed by atoms with Crippen molar-refractivity contribution >= 4 is 34.0 Å². The Morgan fingerprint density at radius 3 is 2.50 bits per heavy atom. The Morgan fingerprint density at radius 2 is 1.88 bits per heavy atom. The van der Waals surface area contributed by atoms with Gasteiger partial charge in [0, 0.05) is 24.7 Å². The molecule has 0 saturated carbocycles. The molecule has 1 aliphatic rings. The van der Waals surface area contributed by atoms with Gasteiger partial charge in [0.2, 0.25) is 5.91 Å². The number of amides is 3. The van der Waals surface area contributed by atoms with Crippen LogP contribution in [0.2, 0.25) is 0 Å². The molecule has 0 atom stereocenters. The molecule has 1 fully saturated rings. The van der Waals surface area contributed by atoms with Crippen LogP contribution in [0.1, 0.15) is 19.8 Å². The van der Waals surface area contributed by atoms with E-state index in [4.69, 9.17) is 4.74 Å². The fourth-order valence-corrected chi connectivity index (χ4v) is 3.53. The zero-order valence-corrected chi connectivity index (χ0v) is 15.6. The lowest BCUT2D eigenvalue weighted by molar-refractivity contribution is -0.121. The average Bonchev–Trinajstić information content (AvgIpc) is 3.16. The first-order valence-corrected chi connectivity index (χ1v) is 9.67. The Labute approximate surface area is 157 Å². The quantitative estimate of drug-likeness (QED) is 0.831. The van der Waals surface area contributed by atoms with Crippen LogP contribution in [0, 0.1) is 5.92 Å². The van der Waals surface area contributed by atoms with E-state index in [2.05, 4.69) is 10.6 Å². The summed E-state index contributed by atoms with van der Waals surface area (Å²) >= 11 is 1.49. The van der Waals surface area contributed by atoms with Gasteiger partial charge in [-0.15, -0.1) is 11.3 Å². The van der Waals surface area contributed by atoms with Crippen molar-refractivity contribution in [3.8, 4) is 5.75 Å². The highest BCUT2D eigenvalue weighted by atomic mass is 32.1. The predicted octanol–water partition coefficient (Wildman–Crippen LogP) is 4.03. The molecule has 2 heterocycles. The smallest absolute Gasteiger partial charge is 0.322 e. The van der Waals surface area contributed by atoms with E-state index < -0.39 is 0 Å². The van der Waals surface area contributed by atoms with E-state index in [0.29, 0.717) is 32.5 Å². The molecule has 3 rings (SSSR count). The fraction of sp³-hybridized carbons (Fsp3) is 0.368. The first kappa shape index (κ1) is 18.3. The third kappa shape index (κ3) is 4.76. The third-order valence-corrected chi connectivity index (χ3v) is 5.12. The first-order chi connectivity index (χ1) is 12.7. The number of thiophene rings is 1. The molecule has 0 unspecified atom stereocenters. The molecule has 1 saturated heterocycles. The molecule has 6 nitrogen and oxygen atoms in total. The average molecular weight is 373 g/mol. The molecule has 1 aromatic heterocycles. The Hall–Kier alpha value is -2.54. The van der Waals surface area contributed by atoms with Crippen molar-refractivity contribution in [2.75, 3.05) is 30.3 Å². The minimum absolute atomic E-state index is 0.00692. The van der Waals surface area contributed by atoms with Gasteiger partial charge in [0.05, 0.1) is 11.6 Å². The van der Waals surface area contributed by atoms with Crippen molar-refractivity contribution in [1.82, 2.24) is 4.90 Å². The number of likely N-dealkylation sites (tertiary alicyclic amines) is 1. The van der Waals surface area contributed by atoms with E-state index in [-0.39, 0.29) is 17.9 Å². The van der Waals surface area contributed by atoms with Crippen LogP contribution in [0.5, 0.6) is 5.75 Å². The van der Waals surface area contributed by atoms with Crippen molar-refractivity contribution in [3.63, 3.8) is 0 Å². The second-order valence-corrected chi connectivity index (χ2v) is 7.06. The van der Waals surface area contributed by atoms with Crippen LogP contribution in [0.4, 0.5) is 15.5 Å². The van der Waals surface area contributed by atoms with Gasteiger partial charge in [0.25, 0.3) is 0 Å². The number of anilines is 2. The van der Waals surface area contributed by atoms with E-state index in [1.54, 1.807) is 4.90 Å². The van der Waals surface area contributed by atoms with E-state index in [9.17, 15) is 9.59 Å². The van der Waals surface area contributed by atoms with Gasteiger partial charge in [-0.2, -0.15) is 0 Å². The molecule has 1 aliphatic heterocycles. The second kappa shape index (κ2) is 8.71. The summed E-state index contributed by atoms with van der Waals surface area (Å²) in [6.07, 6.45) is 1.33. The maximum Gasteiger partial charge on any atom is 0.322 e. The Morgan fingerprint density at radius 1 is 1.15 bits per heavy atom. The summed E-state index contributed by atoms with van der Waals surface area (Å²) in [6, 6.07) is 11.0. The molecule has 0 aliphatic carbocycles. The molecule has 3 amide bonds. The standard InChI is InChI=1S/C19H23N3O3S/c1-2-25-16-7-5-15(6-8-16)20-18(23)14-9-11-22(12-10-14)19(24)21-17-4-3-13-26-17/h3-8,13-14H,2,9-12H2,1H3,(H,20,23)(H,21,24). The number of nitrogens with zero attached hydrogens (tertiary/aromatic N) is 1. The van der Waals surface area contributed by atoms with E-state index in [1.165, 1.54) is 11.3 Å². The van der Waals surface area contributed by atoms with Gasteiger partial charge in [-0.05, 0) is 61.5 Å². The molecular formula is C19H23N3O3S. The van der Waals surface area contributed by atoms with Crippen LogP contribution in [0.25, 0.3) is 0 Å². The van der Waals surface area contributed by atoms with Gasteiger partial charge in [-0.3, -0.25) is 10.1 Å². The molecule has 2 aromatic rings. The summed E-state index contributed by atoms with van der Waals surface area (Å²) in [5.41, 5.74) is 0.760. The van der Waals surface area contributed by atoms with Crippen molar-refractivity contribution in [3.05, 3.63) is 41.8 Å². The molecule has 1 aromatic carbocycles. The number of rotatable bonds is 5. The molecular weight excluding hydrogens is 350 g/mol. The topological polar surface area (TPSA) is 70.7 Å². The zero-order valence-electron chi connectivity index (χ0n) is 14.7. The Balaban J connectivity index is 1.46. The maximum absolute atomic E-state index is 12.5. The SMILES string of the molecule is CCOc1ccc(NC(=O)C2CCN(C(=O)Nc3cccs3)CC2)cc1. The molecule has 2 N–H and O–H groups in total. The lowest BCUT2D eigenvalue weighted by Crippen LogP contribution is -2.43. The Kier molecular flexibility index (Phi) is 6.12. The molecule has 26 heavy (non-hydrogen) atoms. The lowest BCUT2D eigenvalue weighted by atomic mass is 9.96. The van der Waals surface area contributed by atoms with Crippen molar-refractivity contribution < 1.29 is 14.3 Å². The number of carbonyl (C=O) groups excluding carboxylic acids is 2.